The number of hydrogen-bond donors (Lipinski definition) is 2. The fourth-order valence-corrected chi connectivity index (χ4v) is 3.41. The first-order valence-corrected chi connectivity index (χ1v) is 11.2. The van der Waals surface area contributed by atoms with Crippen LogP contribution in [0.1, 0.15) is 28.6 Å². The highest BCUT2D eigenvalue weighted by atomic mass is 35.5. The monoisotopic (exact) mass is 518 g/mol. The maximum absolute atomic E-state index is 12.5. The highest BCUT2D eigenvalue weighted by Crippen LogP contribution is 2.34. The van der Waals surface area contributed by atoms with E-state index in [0.29, 0.717) is 11.3 Å². The minimum atomic E-state index is -1.05. The largest absolute Gasteiger partial charge is 0.481 e. The lowest BCUT2D eigenvalue weighted by atomic mass is 9.93. The summed E-state index contributed by atoms with van der Waals surface area (Å²) in [5, 5.41) is 21.9. The molecule has 0 unspecified atom stereocenters. The lowest BCUT2D eigenvalue weighted by Crippen LogP contribution is -2.44. The number of alkyl halides is 1. The molecular weight excluding hydrogens is 496 g/mol. The summed E-state index contributed by atoms with van der Waals surface area (Å²) >= 11 is 6.13. The molecule has 1 fully saturated rings. The smallest absolute Gasteiger partial charge is 0.338 e. The Morgan fingerprint density at radius 1 is 1.14 bits per heavy atom. The zero-order chi connectivity index (χ0) is 26.1. The molecule has 36 heavy (non-hydrogen) atoms. The number of nitro benzene ring substituents is 1. The second-order valence-electron chi connectivity index (χ2n) is 8.08. The maximum Gasteiger partial charge on any atom is 0.338 e. The third-order valence-corrected chi connectivity index (χ3v) is 5.77. The van der Waals surface area contributed by atoms with Gasteiger partial charge in [-0.05, 0) is 42.5 Å². The van der Waals surface area contributed by atoms with E-state index in [0.717, 1.165) is 6.08 Å². The van der Waals surface area contributed by atoms with Crippen LogP contribution in [0.2, 0.25) is 0 Å². The summed E-state index contributed by atoms with van der Waals surface area (Å²) in [5.41, 5.74) is 0.468. The van der Waals surface area contributed by atoms with Gasteiger partial charge in [-0.15, -0.1) is 11.6 Å². The molecule has 190 valence electrons. The summed E-state index contributed by atoms with van der Waals surface area (Å²) < 4.78 is 16.9. The van der Waals surface area contributed by atoms with E-state index in [1.165, 1.54) is 42.5 Å². The van der Waals surface area contributed by atoms with Crippen LogP contribution >= 0.6 is 11.6 Å². The van der Waals surface area contributed by atoms with Gasteiger partial charge in [-0.1, -0.05) is 6.08 Å². The van der Waals surface area contributed by atoms with E-state index < -0.39 is 34.5 Å². The topological polar surface area (TPSA) is 154 Å². The van der Waals surface area contributed by atoms with E-state index in [2.05, 4.69) is 5.32 Å². The van der Waals surface area contributed by atoms with E-state index in [9.17, 15) is 24.5 Å². The van der Waals surface area contributed by atoms with Crippen molar-refractivity contribution < 1.29 is 38.6 Å². The summed E-state index contributed by atoms with van der Waals surface area (Å²) in [4.78, 5) is 45.0. The number of anilines is 1. The third kappa shape index (κ3) is 7.35. The van der Waals surface area contributed by atoms with Gasteiger partial charge in [0, 0.05) is 29.3 Å². The van der Waals surface area contributed by atoms with Crippen molar-refractivity contribution in [1.29, 1.82) is 0 Å². The highest BCUT2D eigenvalue weighted by Gasteiger charge is 2.38. The molecule has 1 saturated heterocycles. The van der Waals surface area contributed by atoms with Gasteiger partial charge >= 0.3 is 11.9 Å². The number of aliphatic carboxylic acids is 1. The molecule has 2 aromatic carbocycles. The lowest BCUT2D eigenvalue weighted by Gasteiger charge is -2.38. The number of esters is 1. The number of amides is 1. The van der Waals surface area contributed by atoms with Crippen molar-refractivity contribution in [1.82, 2.24) is 0 Å². The number of nitrogens with zero attached hydrogens (tertiary/aromatic N) is 1. The fourth-order valence-electron chi connectivity index (χ4n) is 3.18. The standard InChI is InChI=1S/C24H23ClN2O9/c25-12-24(14-35-23(36-15-24)17-6-10-19(11-7-17)27(32)33)13-34-22(31)16-4-8-18(9-5-16)26-20(28)2-1-3-21(29)30/h1-2,4-11,23H,3,12-15H2,(H,26,28)(H,29,30)/b2-1-. The number of carboxylic acids is 1. The Labute approximate surface area is 210 Å². The Morgan fingerprint density at radius 3 is 2.33 bits per heavy atom. The summed E-state index contributed by atoms with van der Waals surface area (Å²) in [7, 11) is 0. The Hall–Kier alpha value is -3.80. The van der Waals surface area contributed by atoms with Gasteiger partial charge in [0.15, 0.2) is 6.29 Å². The fraction of sp³-hybridized carbons (Fsp3) is 0.292. The second-order valence-corrected chi connectivity index (χ2v) is 8.35. The number of carbonyl (C=O) groups excluding carboxylic acids is 2. The number of halogens is 1. The predicted molar refractivity (Wildman–Crippen MR) is 128 cm³/mol. The van der Waals surface area contributed by atoms with Crippen molar-refractivity contribution >= 4 is 40.8 Å². The molecule has 1 amide bonds. The van der Waals surface area contributed by atoms with Crippen molar-refractivity contribution in [2.45, 2.75) is 12.7 Å². The van der Waals surface area contributed by atoms with E-state index in [-0.39, 0.29) is 43.4 Å². The molecule has 0 aromatic heterocycles. The van der Waals surface area contributed by atoms with Crippen molar-refractivity contribution in [3.05, 3.63) is 81.9 Å². The number of benzene rings is 2. The van der Waals surface area contributed by atoms with Crippen LogP contribution in [0.15, 0.2) is 60.7 Å². The number of hydrogen-bond acceptors (Lipinski definition) is 8. The molecule has 1 aliphatic heterocycles. The molecule has 12 heteroatoms. The number of nitrogens with one attached hydrogen (secondary N) is 1. The van der Waals surface area contributed by atoms with Gasteiger partial charge in [0.2, 0.25) is 5.91 Å². The molecule has 3 rings (SSSR count). The number of non-ortho nitro benzene ring substituents is 1. The average molecular weight is 519 g/mol. The van der Waals surface area contributed by atoms with Crippen molar-refractivity contribution in [2.75, 3.05) is 31.0 Å². The number of rotatable bonds is 10. The molecule has 0 radical (unpaired) electrons. The first kappa shape index (κ1) is 26.8. The Morgan fingerprint density at radius 2 is 1.78 bits per heavy atom. The number of carbonyl (C=O) groups is 3. The summed E-state index contributed by atoms with van der Waals surface area (Å²) in [6.07, 6.45) is 1.35. The van der Waals surface area contributed by atoms with Crippen LogP contribution in [0.5, 0.6) is 0 Å². The predicted octanol–water partition coefficient (Wildman–Crippen LogP) is 3.69. The van der Waals surface area contributed by atoms with Crippen LogP contribution in [-0.2, 0) is 23.8 Å². The molecule has 1 heterocycles. The van der Waals surface area contributed by atoms with E-state index in [1.54, 1.807) is 12.1 Å². The normalized spacial score (nSPS) is 19.5. The Balaban J connectivity index is 1.50. The molecule has 0 saturated carbocycles. The second kappa shape index (κ2) is 12.2. The van der Waals surface area contributed by atoms with Gasteiger partial charge in [-0.25, -0.2) is 4.79 Å². The van der Waals surface area contributed by atoms with Crippen LogP contribution < -0.4 is 5.32 Å². The number of carboxylic acid groups (broad SMARTS) is 1. The van der Waals surface area contributed by atoms with Crippen molar-refractivity contribution in [3.63, 3.8) is 0 Å². The van der Waals surface area contributed by atoms with Crippen LogP contribution in [0, 0.1) is 15.5 Å². The van der Waals surface area contributed by atoms with Crippen LogP contribution in [0.4, 0.5) is 11.4 Å². The van der Waals surface area contributed by atoms with Gasteiger partial charge in [0.05, 0.1) is 35.5 Å². The van der Waals surface area contributed by atoms with Gasteiger partial charge in [0.25, 0.3) is 5.69 Å². The van der Waals surface area contributed by atoms with Gasteiger partial charge in [-0.3, -0.25) is 19.7 Å². The number of ether oxygens (including phenoxy) is 3. The minimum absolute atomic E-state index is 0.0421. The molecule has 0 atom stereocenters. The zero-order valence-electron chi connectivity index (χ0n) is 18.9. The Bertz CT molecular complexity index is 1130. The van der Waals surface area contributed by atoms with Crippen molar-refractivity contribution in [3.8, 4) is 0 Å². The van der Waals surface area contributed by atoms with Gasteiger partial charge < -0.3 is 24.6 Å². The molecule has 2 aromatic rings. The molecular formula is C24H23ClN2O9. The molecule has 2 N–H and O–H groups in total. The Kier molecular flexibility index (Phi) is 9.12. The minimum Gasteiger partial charge on any atom is -0.481 e. The molecule has 1 aliphatic rings. The third-order valence-electron chi connectivity index (χ3n) is 5.20. The highest BCUT2D eigenvalue weighted by molar-refractivity contribution is 6.18. The first-order valence-electron chi connectivity index (χ1n) is 10.7. The SMILES string of the molecule is O=C(O)C/C=C\C(=O)Nc1ccc(C(=O)OCC2(CCl)COC(c3ccc([N+](=O)[O-])cc3)OC2)cc1. The van der Waals surface area contributed by atoms with E-state index >= 15 is 0 Å². The molecule has 11 nitrogen and oxygen atoms in total. The maximum atomic E-state index is 12.5. The average Bonchev–Trinajstić information content (AvgIpc) is 2.88. The first-order chi connectivity index (χ1) is 17.2. The molecule has 0 spiro atoms. The summed E-state index contributed by atoms with van der Waals surface area (Å²) in [6, 6.07) is 11.8. The summed E-state index contributed by atoms with van der Waals surface area (Å²) in [6.45, 7) is 0.229. The van der Waals surface area contributed by atoms with Crippen LogP contribution in [-0.4, -0.2) is 53.6 Å². The zero-order valence-corrected chi connectivity index (χ0v) is 19.7. The van der Waals surface area contributed by atoms with E-state index in [1.807, 2.05) is 0 Å². The quantitative estimate of drug-likeness (QED) is 0.157. The van der Waals surface area contributed by atoms with Crippen LogP contribution in [0.25, 0.3) is 0 Å². The molecule has 0 bridgehead atoms. The van der Waals surface area contributed by atoms with Crippen molar-refractivity contribution in [2.24, 2.45) is 5.41 Å². The molecule has 0 aliphatic carbocycles. The van der Waals surface area contributed by atoms with Gasteiger partial charge in [-0.2, -0.15) is 0 Å². The lowest BCUT2D eigenvalue weighted by molar-refractivity contribution is -0.384. The van der Waals surface area contributed by atoms with Crippen LogP contribution in [0.3, 0.4) is 0 Å². The van der Waals surface area contributed by atoms with Gasteiger partial charge in [0.1, 0.15) is 6.61 Å². The van der Waals surface area contributed by atoms with E-state index in [4.69, 9.17) is 30.9 Å². The summed E-state index contributed by atoms with van der Waals surface area (Å²) in [5.74, 6) is -2.04. The number of nitro groups is 1.